The second kappa shape index (κ2) is 6.88. The number of hydrogen-bond donors (Lipinski definition) is 0. The van der Waals surface area contributed by atoms with Crippen molar-refractivity contribution in [2.24, 2.45) is 0 Å². The lowest BCUT2D eigenvalue weighted by molar-refractivity contribution is -0.119. The van der Waals surface area contributed by atoms with Gasteiger partial charge in [0.25, 0.3) is 0 Å². The smallest absolute Gasteiger partial charge is 0.230 e. The zero-order chi connectivity index (χ0) is 15.4. The van der Waals surface area contributed by atoms with Gasteiger partial charge in [-0.25, -0.2) is 0 Å². The molecule has 3 rings (SSSR count). The third-order valence-corrected chi connectivity index (χ3v) is 4.70. The van der Waals surface area contributed by atoms with Gasteiger partial charge in [-0.2, -0.15) is 0 Å². The summed E-state index contributed by atoms with van der Waals surface area (Å²) in [5, 5.41) is 0.411. The van der Waals surface area contributed by atoms with Crippen molar-refractivity contribution in [3.8, 4) is 5.75 Å². The van der Waals surface area contributed by atoms with Crippen molar-refractivity contribution in [1.82, 2.24) is 0 Å². The van der Waals surface area contributed by atoms with Crippen LogP contribution in [0.25, 0.3) is 0 Å². The summed E-state index contributed by atoms with van der Waals surface area (Å²) in [5.74, 6) is 0.925. The predicted molar refractivity (Wildman–Crippen MR) is 90.7 cm³/mol. The molecular weight excluding hydrogens is 294 g/mol. The number of benzene rings is 2. The van der Waals surface area contributed by atoms with Crippen LogP contribution in [0.1, 0.15) is 13.3 Å². The van der Waals surface area contributed by atoms with Gasteiger partial charge in [0.05, 0.1) is 18.7 Å². The minimum absolute atomic E-state index is 0.121. The third-order valence-electron chi connectivity index (χ3n) is 3.55. The molecule has 0 saturated heterocycles. The van der Waals surface area contributed by atoms with E-state index in [1.54, 1.807) is 0 Å². The second-order valence-corrected chi connectivity index (χ2v) is 6.79. The van der Waals surface area contributed by atoms with Gasteiger partial charge in [0.1, 0.15) is 5.75 Å². The van der Waals surface area contributed by atoms with E-state index in [0.29, 0.717) is 18.3 Å². The molecule has 2 aromatic rings. The zero-order valence-corrected chi connectivity index (χ0v) is 13.4. The molecular formula is C18H19NO2S. The fourth-order valence-electron chi connectivity index (χ4n) is 2.53. The number of hydrogen-bond acceptors (Lipinski definition) is 3. The first-order valence-electron chi connectivity index (χ1n) is 7.48. The summed E-state index contributed by atoms with van der Waals surface area (Å²) in [7, 11) is 0. The van der Waals surface area contributed by atoms with E-state index in [1.807, 2.05) is 65.2 Å². The molecule has 0 radical (unpaired) electrons. The Labute approximate surface area is 135 Å². The Balaban J connectivity index is 1.63. The van der Waals surface area contributed by atoms with Crippen LogP contribution < -0.4 is 9.64 Å². The first-order valence-corrected chi connectivity index (χ1v) is 8.36. The Kier molecular flexibility index (Phi) is 4.68. The molecule has 1 atom stereocenters. The lowest BCUT2D eigenvalue weighted by Gasteiger charge is -2.32. The van der Waals surface area contributed by atoms with Gasteiger partial charge in [-0.05, 0) is 24.3 Å². The van der Waals surface area contributed by atoms with Crippen LogP contribution in [0.15, 0.2) is 59.5 Å². The van der Waals surface area contributed by atoms with E-state index in [0.717, 1.165) is 18.0 Å². The number of thioether (sulfide) groups is 1. The number of fused-ring (bicyclic) bond motifs is 1. The van der Waals surface area contributed by atoms with Gasteiger partial charge in [0, 0.05) is 16.7 Å². The van der Waals surface area contributed by atoms with E-state index in [9.17, 15) is 4.79 Å². The van der Waals surface area contributed by atoms with Crippen molar-refractivity contribution >= 4 is 23.4 Å². The molecule has 1 heterocycles. The first kappa shape index (κ1) is 15.0. The second-order valence-electron chi connectivity index (χ2n) is 5.31. The molecule has 3 nitrogen and oxygen atoms in total. The van der Waals surface area contributed by atoms with Crippen molar-refractivity contribution < 1.29 is 9.53 Å². The van der Waals surface area contributed by atoms with Gasteiger partial charge in [-0.15, -0.1) is 11.8 Å². The van der Waals surface area contributed by atoms with Crippen molar-refractivity contribution in [2.75, 3.05) is 18.1 Å². The Morgan fingerprint density at radius 3 is 2.73 bits per heavy atom. The van der Waals surface area contributed by atoms with Crippen LogP contribution >= 0.6 is 11.8 Å². The normalized spacial score (nSPS) is 17.0. The maximum atomic E-state index is 12.5. The largest absolute Gasteiger partial charge is 0.493 e. The molecule has 2 aromatic carbocycles. The standard InChI is InChI=1S/C18H19NO2S/c1-14-13-19(16-9-5-6-10-17(16)22-14)18(20)11-12-21-15-7-3-2-4-8-15/h2-10,14H,11-13H2,1H3. The first-order chi connectivity index (χ1) is 10.7. The number of amides is 1. The predicted octanol–water partition coefficient (Wildman–Crippen LogP) is 3.98. The van der Waals surface area contributed by atoms with Gasteiger partial charge in [-0.1, -0.05) is 37.3 Å². The summed E-state index contributed by atoms with van der Waals surface area (Å²) in [4.78, 5) is 15.6. The average molecular weight is 313 g/mol. The van der Waals surface area contributed by atoms with Gasteiger partial charge in [0.2, 0.25) is 5.91 Å². The van der Waals surface area contributed by atoms with Crippen molar-refractivity contribution in [2.45, 2.75) is 23.5 Å². The Morgan fingerprint density at radius 2 is 1.91 bits per heavy atom. The molecule has 0 N–H and O–H groups in total. The summed E-state index contributed by atoms with van der Waals surface area (Å²) >= 11 is 1.83. The Hall–Kier alpha value is -1.94. The van der Waals surface area contributed by atoms with Crippen molar-refractivity contribution in [1.29, 1.82) is 0 Å². The van der Waals surface area contributed by atoms with Crippen LogP contribution in [0.4, 0.5) is 5.69 Å². The van der Waals surface area contributed by atoms with Crippen LogP contribution in [0.2, 0.25) is 0 Å². The van der Waals surface area contributed by atoms with Crippen LogP contribution in [0.5, 0.6) is 5.75 Å². The van der Waals surface area contributed by atoms with E-state index in [-0.39, 0.29) is 5.91 Å². The van der Waals surface area contributed by atoms with Crippen LogP contribution in [-0.2, 0) is 4.79 Å². The Bertz CT molecular complexity index is 645. The number of rotatable bonds is 4. The van der Waals surface area contributed by atoms with Gasteiger partial charge >= 0.3 is 0 Å². The molecule has 1 aliphatic heterocycles. The molecule has 0 saturated carbocycles. The average Bonchev–Trinajstić information content (AvgIpc) is 2.55. The maximum Gasteiger partial charge on any atom is 0.230 e. The monoisotopic (exact) mass is 313 g/mol. The minimum atomic E-state index is 0.121. The Morgan fingerprint density at radius 1 is 1.18 bits per heavy atom. The topological polar surface area (TPSA) is 29.5 Å². The van der Waals surface area contributed by atoms with Crippen LogP contribution in [0.3, 0.4) is 0 Å². The van der Waals surface area contributed by atoms with Gasteiger partial charge in [-0.3, -0.25) is 4.79 Å². The third kappa shape index (κ3) is 3.45. The quantitative estimate of drug-likeness (QED) is 0.855. The molecule has 22 heavy (non-hydrogen) atoms. The van der Waals surface area contributed by atoms with E-state index in [4.69, 9.17) is 4.74 Å². The summed E-state index contributed by atoms with van der Waals surface area (Å²) in [5.41, 5.74) is 1.02. The van der Waals surface area contributed by atoms with E-state index >= 15 is 0 Å². The molecule has 114 valence electrons. The SMILES string of the molecule is CC1CN(C(=O)CCOc2ccccc2)c2ccccc2S1. The lowest BCUT2D eigenvalue weighted by atomic mass is 10.2. The number of para-hydroxylation sites is 2. The number of carbonyl (C=O) groups is 1. The summed E-state index contributed by atoms with van der Waals surface area (Å²) in [6, 6.07) is 17.7. The van der Waals surface area contributed by atoms with E-state index in [2.05, 4.69) is 13.0 Å². The highest BCUT2D eigenvalue weighted by atomic mass is 32.2. The molecule has 0 aromatic heterocycles. The highest BCUT2D eigenvalue weighted by molar-refractivity contribution is 8.00. The molecule has 1 unspecified atom stereocenters. The number of carbonyl (C=O) groups excluding carboxylic acids is 1. The van der Waals surface area contributed by atoms with Gasteiger partial charge < -0.3 is 9.64 Å². The molecule has 0 fully saturated rings. The van der Waals surface area contributed by atoms with Gasteiger partial charge in [0.15, 0.2) is 0 Å². The highest BCUT2D eigenvalue weighted by Gasteiger charge is 2.26. The molecule has 0 spiro atoms. The summed E-state index contributed by atoms with van der Waals surface area (Å²) in [6.45, 7) is 3.32. The highest BCUT2D eigenvalue weighted by Crippen LogP contribution is 2.38. The molecule has 0 bridgehead atoms. The van der Waals surface area contributed by atoms with Crippen LogP contribution in [0, 0.1) is 0 Å². The number of ether oxygens (including phenoxy) is 1. The molecule has 0 aliphatic carbocycles. The van der Waals surface area contributed by atoms with Crippen LogP contribution in [-0.4, -0.2) is 24.3 Å². The van der Waals surface area contributed by atoms with Crippen molar-refractivity contribution in [3.63, 3.8) is 0 Å². The zero-order valence-electron chi connectivity index (χ0n) is 12.6. The maximum absolute atomic E-state index is 12.5. The van der Waals surface area contributed by atoms with Crippen molar-refractivity contribution in [3.05, 3.63) is 54.6 Å². The molecule has 1 aliphatic rings. The summed E-state index contributed by atoms with van der Waals surface area (Å²) < 4.78 is 5.63. The number of anilines is 1. The summed E-state index contributed by atoms with van der Waals surface area (Å²) in [6.07, 6.45) is 0.389. The lowest BCUT2D eigenvalue weighted by Crippen LogP contribution is -2.39. The fourth-order valence-corrected chi connectivity index (χ4v) is 3.65. The molecule has 1 amide bonds. The van der Waals surface area contributed by atoms with E-state index < -0.39 is 0 Å². The fraction of sp³-hybridized carbons (Fsp3) is 0.278. The minimum Gasteiger partial charge on any atom is -0.493 e. The van der Waals surface area contributed by atoms with E-state index in [1.165, 1.54) is 4.90 Å². The molecule has 4 heteroatoms. The number of nitrogens with zero attached hydrogens (tertiary/aromatic N) is 1.